The molecule has 31 heteroatoms. The van der Waals surface area contributed by atoms with E-state index in [2.05, 4.69) is 12.6 Å². The fourth-order valence-corrected chi connectivity index (χ4v) is 5.28. The van der Waals surface area contributed by atoms with Crippen molar-refractivity contribution in [3.05, 3.63) is 0 Å². The zero-order valence-electron chi connectivity index (χ0n) is 32.9. The molecule has 0 saturated carbocycles. The molecule has 0 radical (unpaired) electrons. The Kier molecular flexibility index (Phi) is 25.8. The Bertz CT molecular complexity index is 1580. The van der Waals surface area contributed by atoms with Crippen molar-refractivity contribution in [2.45, 2.75) is 117 Å². The molecule has 30 nitrogen and oxygen atoms in total. The van der Waals surface area contributed by atoms with Crippen LogP contribution in [0.2, 0.25) is 0 Å². The lowest BCUT2D eigenvalue weighted by molar-refractivity contribution is -0.147. The van der Waals surface area contributed by atoms with Crippen LogP contribution < -0.4 is 31.9 Å². The minimum Gasteiger partial charge on any atom is -0.481 e. The Hall–Kier alpha value is -4.90. The molecule has 0 fully saturated rings. The normalized spacial score (nSPS) is 18.6. The minimum absolute atomic E-state index is 0.379. The summed E-state index contributed by atoms with van der Waals surface area (Å²) in [6.07, 6.45) is -25.4. The summed E-state index contributed by atoms with van der Waals surface area (Å²) in [6.45, 7) is -2.53. The highest BCUT2D eigenvalue weighted by Gasteiger charge is 2.43. The van der Waals surface area contributed by atoms with E-state index < -0.39 is 183 Å². The largest absolute Gasteiger partial charge is 0.481 e. The summed E-state index contributed by atoms with van der Waals surface area (Å²) in [6, 6.07) is -14.4. The van der Waals surface area contributed by atoms with Crippen molar-refractivity contribution >= 4 is 66.0 Å². The van der Waals surface area contributed by atoms with Crippen molar-refractivity contribution in [2.75, 3.05) is 25.6 Å². The minimum atomic E-state index is -2.82. The number of carbonyl (C=O) groups is 9. The fraction of sp³-hybridized carbons (Fsp3) is 0.719. The molecular formula is C32H54N6O24S. The first-order valence-electron chi connectivity index (χ1n) is 18.3. The van der Waals surface area contributed by atoms with E-state index in [0.29, 0.717) is 0 Å². The lowest BCUT2D eigenvalue weighted by atomic mass is 9.98. The van der Waals surface area contributed by atoms with Crippen LogP contribution in [-0.4, -0.2) is 247 Å². The van der Waals surface area contributed by atoms with Gasteiger partial charge in [0, 0.05) is 12.2 Å². The average Bonchev–Trinajstić information content (AvgIpc) is 3.24. The SMILES string of the molecule is CCC(=O)N[C@H](C(=O)N[C@@H](CC(=O)O)C(=O)N[C@H](C(=O)N[C@@H](CC(=O)O)C(=O)N[C@H](C(=O)N[C@H](CS)C(=O)O)[C@@H](O)[C@H](O)[C@H](O)CO)[C@@H](O)[C@H](O)[C@H](O)CO)[C@@H](O)[C@H](O)[C@H](O)CO. The molecule has 6 amide bonds. The molecule has 0 aliphatic heterocycles. The number of amides is 6. The zero-order valence-corrected chi connectivity index (χ0v) is 33.8. The van der Waals surface area contributed by atoms with Gasteiger partial charge in [0.1, 0.15) is 91.2 Å². The first kappa shape index (κ1) is 58.1. The molecule has 0 heterocycles. The van der Waals surface area contributed by atoms with Gasteiger partial charge in [0.25, 0.3) is 0 Å². The Morgan fingerprint density at radius 2 is 0.714 bits per heavy atom. The van der Waals surface area contributed by atoms with Crippen LogP contribution in [0.25, 0.3) is 0 Å². The number of hydrogen-bond donors (Lipinski definition) is 22. The number of rotatable bonds is 30. The van der Waals surface area contributed by atoms with Gasteiger partial charge in [-0.1, -0.05) is 6.92 Å². The number of nitrogens with one attached hydrogen (secondary N) is 6. The molecular weight excluding hydrogens is 884 g/mol. The highest BCUT2D eigenvalue weighted by Crippen LogP contribution is 2.12. The number of carboxylic acid groups (broad SMARTS) is 3. The lowest BCUT2D eigenvalue weighted by Crippen LogP contribution is -2.66. The van der Waals surface area contributed by atoms with Crippen molar-refractivity contribution in [3.63, 3.8) is 0 Å². The molecule has 0 aliphatic rings. The van der Waals surface area contributed by atoms with Crippen molar-refractivity contribution in [1.82, 2.24) is 31.9 Å². The van der Waals surface area contributed by atoms with Gasteiger partial charge in [0.05, 0.1) is 32.7 Å². The molecule has 0 unspecified atom stereocenters. The Morgan fingerprint density at radius 1 is 0.429 bits per heavy atom. The molecule has 15 atom stereocenters. The molecule has 0 spiro atoms. The average molecular weight is 939 g/mol. The molecule has 0 aromatic rings. The van der Waals surface area contributed by atoms with Gasteiger partial charge in [-0.3, -0.25) is 38.4 Å². The highest BCUT2D eigenvalue weighted by molar-refractivity contribution is 7.80. The third kappa shape index (κ3) is 18.4. The Labute approximate surface area is 360 Å². The number of aliphatic hydroxyl groups is 12. The second kappa shape index (κ2) is 28.0. The maximum absolute atomic E-state index is 13.7. The number of hydrogen-bond acceptors (Lipinski definition) is 22. The first-order valence-corrected chi connectivity index (χ1v) is 18.9. The van der Waals surface area contributed by atoms with Gasteiger partial charge in [-0.25, -0.2) is 4.79 Å². The van der Waals surface area contributed by atoms with E-state index in [1.807, 2.05) is 5.32 Å². The number of carboxylic acids is 3. The topological polar surface area (TPSA) is 529 Å². The van der Waals surface area contributed by atoms with Gasteiger partial charge in [0.15, 0.2) is 0 Å². The van der Waals surface area contributed by atoms with E-state index >= 15 is 0 Å². The van der Waals surface area contributed by atoms with Crippen LogP contribution in [-0.2, 0) is 43.2 Å². The quantitative estimate of drug-likeness (QED) is 0.0297. The van der Waals surface area contributed by atoms with Crippen LogP contribution in [0.5, 0.6) is 0 Å². The van der Waals surface area contributed by atoms with Crippen LogP contribution in [0, 0.1) is 0 Å². The third-order valence-electron chi connectivity index (χ3n) is 8.72. The summed E-state index contributed by atoms with van der Waals surface area (Å²) in [7, 11) is 0. The van der Waals surface area contributed by atoms with E-state index in [9.17, 15) is 115 Å². The predicted molar refractivity (Wildman–Crippen MR) is 203 cm³/mol. The molecule has 0 bridgehead atoms. The second-order valence-electron chi connectivity index (χ2n) is 13.5. The van der Waals surface area contributed by atoms with Gasteiger partial charge >= 0.3 is 17.9 Å². The van der Waals surface area contributed by atoms with Crippen molar-refractivity contribution in [3.8, 4) is 0 Å². The summed E-state index contributed by atoms with van der Waals surface area (Å²) >= 11 is 3.72. The van der Waals surface area contributed by atoms with Crippen molar-refractivity contribution in [2.24, 2.45) is 0 Å². The van der Waals surface area contributed by atoms with Crippen molar-refractivity contribution < 1.29 is 120 Å². The molecule has 362 valence electrons. The molecule has 0 aliphatic carbocycles. The molecule has 0 saturated heterocycles. The van der Waals surface area contributed by atoms with Crippen LogP contribution in [0.3, 0.4) is 0 Å². The first-order chi connectivity index (χ1) is 29.2. The standard InChI is InChI=1S/C32H54N6O24S/c1-2-15(45)36-18(24(53)21(50)12(42)5-39)29(58)33-9(3-16(46)47)27(56)37-19(25(54)22(51)13(43)6-40)30(59)34-10(4-17(48)49)28(57)38-20(26(55)23(52)14(44)7-41)31(60)35-11(8-63)32(61)62/h9-14,18-26,39-44,50-55,63H,2-8H2,1H3,(H,33,58)(H,34,59)(H,35,60)(H,36,45)(H,37,56)(H,38,57)(H,46,47)(H,48,49)(H,61,62)/t9-,10-,11+,12+,13+,14+,18-,19-,20-,21+,22+,23+,24+,25+,26+/m0/s1. The number of thiol groups is 1. The predicted octanol–water partition coefficient (Wildman–Crippen LogP) is -12.5. The number of aliphatic carboxylic acids is 3. The van der Waals surface area contributed by atoms with Gasteiger partial charge in [-0.2, -0.15) is 12.6 Å². The zero-order chi connectivity index (χ0) is 49.0. The van der Waals surface area contributed by atoms with E-state index in [-0.39, 0.29) is 6.42 Å². The van der Waals surface area contributed by atoms with Crippen LogP contribution >= 0.6 is 12.6 Å². The lowest BCUT2D eigenvalue weighted by Gasteiger charge is -2.32. The monoisotopic (exact) mass is 938 g/mol. The maximum atomic E-state index is 13.7. The fourth-order valence-electron chi connectivity index (χ4n) is 5.04. The summed E-state index contributed by atoms with van der Waals surface area (Å²) in [5.41, 5.74) is 0. The molecule has 0 rings (SSSR count). The molecule has 63 heavy (non-hydrogen) atoms. The van der Waals surface area contributed by atoms with E-state index in [4.69, 9.17) is 5.11 Å². The van der Waals surface area contributed by atoms with Crippen LogP contribution in [0.15, 0.2) is 0 Å². The van der Waals surface area contributed by atoms with Gasteiger partial charge in [0.2, 0.25) is 35.4 Å². The van der Waals surface area contributed by atoms with Gasteiger partial charge in [-0.15, -0.1) is 0 Å². The van der Waals surface area contributed by atoms with E-state index in [1.165, 1.54) is 6.92 Å². The summed E-state index contributed by atoms with van der Waals surface area (Å²) < 4.78 is 0. The summed E-state index contributed by atoms with van der Waals surface area (Å²) in [4.78, 5) is 114. The van der Waals surface area contributed by atoms with E-state index in [0.717, 1.165) is 0 Å². The number of carbonyl (C=O) groups excluding carboxylic acids is 6. The highest BCUT2D eigenvalue weighted by atomic mass is 32.1. The van der Waals surface area contributed by atoms with Crippen molar-refractivity contribution in [1.29, 1.82) is 0 Å². The molecule has 21 N–H and O–H groups in total. The maximum Gasteiger partial charge on any atom is 0.327 e. The summed E-state index contributed by atoms with van der Waals surface area (Å²) in [5.74, 6) is -16.0. The second-order valence-corrected chi connectivity index (χ2v) is 13.8. The summed E-state index contributed by atoms with van der Waals surface area (Å²) in [5, 5.41) is 159. The van der Waals surface area contributed by atoms with Gasteiger partial charge in [-0.05, 0) is 0 Å². The van der Waals surface area contributed by atoms with Crippen LogP contribution in [0.4, 0.5) is 0 Å². The molecule has 0 aromatic heterocycles. The van der Waals surface area contributed by atoms with Gasteiger partial charge < -0.3 is 108 Å². The Morgan fingerprint density at radius 3 is 0.952 bits per heavy atom. The molecule has 0 aromatic carbocycles. The number of aliphatic hydroxyl groups excluding tert-OH is 12. The van der Waals surface area contributed by atoms with Crippen LogP contribution in [0.1, 0.15) is 26.2 Å². The smallest absolute Gasteiger partial charge is 0.327 e. The third-order valence-corrected chi connectivity index (χ3v) is 9.08. The van der Waals surface area contributed by atoms with E-state index in [1.54, 1.807) is 26.6 Å². The Balaban J connectivity index is 7.14.